The second-order valence-electron chi connectivity index (χ2n) is 6.36. The molecule has 1 aromatic rings. The largest absolute Gasteiger partial charge is 0.496 e. The van der Waals surface area contributed by atoms with E-state index in [0.29, 0.717) is 34.9 Å². The number of halogens is 1. The smallest absolute Gasteiger partial charge is 0.216 e. The Balaban J connectivity index is 2.24. The third-order valence-corrected chi connectivity index (χ3v) is 4.73. The first-order chi connectivity index (χ1) is 12.4. The number of carbonyl (C=O) groups excluding carboxylic acids is 3. The van der Waals surface area contributed by atoms with Gasteiger partial charge in [0.25, 0.3) is 0 Å². The molecular weight excluding hydrogens is 354 g/mol. The maximum absolute atomic E-state index is 12.7. The van der Waals surface area contributed by atoms with Crippen molar-refractivity contribution in [1.29, 1.82) is 0 Å². The Morgan fingerprint density at radius 3 is 2.50 bits per heavy atom. The molecule has 0 atom stereocenters. The van der Waals surface area contributed by atoms with E-state index in [1.807, 2.05) is 0 Å². The van der Waals surface area contributed by atoms with Crippen LogP contribution < -0.4 is 10.1 Å². The van der Waals surface area contributed by atoms with Crippen LogP contribution in [-0.2, 0) is 14.4 Å². The van der Waals surface area contributed by atoms with Gasteiger partial charge in [-0.05, 0) is 31.4 Å². The first kappa shape index (κ1) is 20.0. The van der Waals surface area contributed by atoms with E-state index >= 15 is 0 Å². The van der Waals surface area contributed by atoms with Gasteiger partial charge in [-0.2, -0.15) is 0 Å². The van der Waals surface area contributed by atoms with Crippen LogP contribution in [-0.4, -0.2) is 31.1 Å². The topological polar surface area (TPSA) is 72.5 Å². The molecule has 26 heavy (non-hydrogen) atoms. The first-order valence-electron chi connectivity index (χ1n) is 8.47. The Kier molecular flexibility index (Phi) is 6.82. The van der Waals surface area contributed by atoms with Crippen molar-refractivity contribution in [1.82, 2.24) is 5.32 Å². The predicted molar refractivity (Wildman–Crippen MR) is 99.3 cm³/mol. The molecular formula is C20H22ClNO4. The summed E-state index contributed by atoms with van der Waals surface area (Å²) in [5.41, 5.74) is 1.09. The molecule has 2 rings (SSSR count). The van der Waals surface area contributed by atoms with Crippen molar-refractivity contribution in [2.24, 2.45) is 5.92 Å². The lowest BCUT2D eigenvalue weighted by Crippen LogP contribution is -2.34. The molecule has 0 aromatic heterocycles. The van der Waals surface area contributed by atoms with E-state index in [9.17, 15) is 14.4 Å². The number of carbonyl (C=O) groups is 3. The van der Waals surface area contributed by atoms with Gasteiger partial charge < -0.3 is 10.1 Å². The number of Topliss-reactive ketones (excluding diaryl/α,β-unsaturated/α-hetero) is 2. The van der Waals surface area contributed by atoms with Gasteiger partial charge in [-0.15, -0.1) is 5.92 Å². The lowest BCUT2D eigenvalue weighted by atomic mass is 9.75. The number of ketones is 2. The number of nitrogens with one attached hydrogen (secondary N) is 1. The van der Waals surface area contributed by atoms with Crippen molar-refractivity contribution >= 4 is 29.1 Å². The fourth-order valence-electron chi connectivity index (χ4n) is 3.29. The molecule has 1 aliphatic carbocycles. The normalized spacial score (nSPS) is 19.5. The van der Waals surface area contributed by atoms with E-state index in [1.165, 1.54) is 14.0 Å². The van der Waals surface area contributed by atoms with E-state index in [2.05, 4.69) is 17.2 Å². The fraction of sp³-hybridized carbons (Fsp3) is 0.450. The molecule has 0 saturated heterocycles. The van der Waals surface area contributed by atoms with Crippen LogP contribution in [0.15, 0.2) is 12.1 Å². The summed E-state index contributed by atoms with van der Waals surface area (Å²) in [5, 5.41) is 3.01. The molecule has 0 spiro atoms. The summed E-state index contributed by atoms with van der Waals surface area (Å²) in [6, 6.07) is 3.35. The monoisotopic (exact) mass is 375 g/mol. The van der Waals surface area contributed by atoms with Crippen LogP contribution in [0, 0.1) is 17.8 Å². The zero-order chi connectivity index (χ0) is 19.3. The highest BCUT2D eigenvalue weighted by molar-refractivity contribution is 6.32. The Labute approximate surface area is 158 Å². The van der Waals surface area contributed by atoms with Gasteiger partial charge in [0.1, 0.15) is 23.2 Å². The van der Waals surface area contributed by atoms with Crippen molar-refractivity contribution in [3.8, 4) is 17.6 Å². The van der Waals surface area contributed by atoms with Crippen molar-refractivity contribution in [2.75, 3.05) is 13.7 Å². The minimum absolute atomic E-state index is 0.0619. The molecule has 1 saturated carbocycles. The molecule has 0 unspecified atom stereocenters. The summed E-state index contributed by atoms with van der Waals surface area (Å²) in [6.45, 7) is 3.61. The molecule has 1 amide bonds. The van der Waals surface area contributed by atoms with Crippen molar-refractivity contribution in [3.63, 3.8) is 0 Å². The van der Waals surface area contributed by atoms with Crippen LogP contribution in [0.2, 0.25) is 5.02 Å². The second kappa shape index (κ2) is 8.86. The van der Waals surface area contributed by atoms with E-state index in [0.717, 1.165) is 0 Å². The molecule has 1 aliphatic rings. The maximum atomic E-state index is 12.7. The number of ether oxygens (including phenoxy) is 1. The Bertz CT molecular complexity index is 773. The fourth-order valence-corrected chi connectivity index (χ4v) is 3.61. The molecule has 0 bridgehead atoms. The van der Waals surface area contributed by atoms with Crippen LogP contribution in [0.5, 0.6) is 5.75 Å². The summed E-state index contributed by atoms with van der Waals surface area (Å²) >= 11 is 6.37. The van der Waals surface area contributed by atoms with Gasteiger partial charge in [-0.1, -0.05) is 17.5 Å². The zero-order valence-corrected chi connectivity index (χ0v) is 15.9. The van der Waals surface area contributed by atoms with Crippen LogP contribution in [0.3, 0.4) is 0 Å². The standard InChI is InChI=1S/C20H22ClNO4/c1-4-5-13-8-15(21)19(18(11-13)26-3)20-16(24)9-14(10-17(20)25)6-7-22-12(2)23/h8,11,14,20H,6-7,9-10H2,1-3H3,(H,22,23). The average Bonchev–Trinajstić information content (AvgIpc) is 2.55. The third-order valence-electron chi connectivity index (χ3n) is 4.42. The van der Waals surface area contributed by atoms with E-state index < -0.39 is 5.92 Å². The van der Waals surface area contributed by atoms with Crippen LogP contribution in [0.25, 0.3) is 0 Å². The van der Waals surface area contributed by atoms with Crippen molar-refractivity contribution in [3.05, 3.63) is 28.3 Å². The van der Waals surface area contributed by atoms with Gasteiger partial charge in [0, 0.05) is 42.5 Å². The highest BCUT2D eigenvalue weighted by atomic mass is 35.5. The quantitative estimate of drug-likeness (QED) is 0.634. The predicted octanol–water partition coefficient (Wildman–Crippen LogP) is 2.88. The van der Waals surface area contributed by atoms with E-state index in [4.69, 9.17) is 16.3 Å². The minimum Gasteiger partial charge on any atom is -0.496 e. The van der Waals surface area contributed by atoms with Crippen LogP contribution in [0.1, 0.15) is 50.2 Å². The number of hydrogen-bond acceptors (Lipinski definition) is 4. The van der Waals surface area contributed by atoms with Gasteiger partial charge >= 0.3 is 0 Å². The highest BCUT2D eigenvalue weighted by Gasteiger charge is 2.39. The maximum Gasteiger partial charge on any atom is 0.216 e. The van der Waals surface area contributed by atoms with E-state index in [-0.39, 0.29) is 36.2 Å². The van der Waals surface area contributed by atoms with Gasteiger partial charge in [0.15, 0.2) is 0 Å². The molecule has 0 heterocycles. The SMILES string of the molecule is CC#Cc1cc(Cl)c(C2C(=O)CC(CCNC(C)=O)CC2=O)c(OC)c1. The van der Waals surface area contributed by atoms with E-state index in [1.54, 1.807) is 19.1 Å². The lowest BCUT2D eigenvalue weighted by molar-refractivity contribution is -0.133. The lowest BCUT2D eigenvalue weighted by Gasteiger charge is -2.28. The number of methoxy groups -OCH3 is 1. The third kappa shape index (κ3) is 4.64. The molecule has 1 fully saturated rings. The summed E-state index contributed by atoms with van der Waals surface area (Å²) in [7, 11) is 1.48. The van der Waals surface area contributed by atoms with Gasteiger partial charge in [0.2, 0.25) is 5.91 Å². The van der Waals surface area contributed by atoms with Crippen molar-refractivity contribution < 1.29 is 19.1 Å². The molecule has 5 nitrogen and oxygen atoms in total. The number of amides is 1. The molecule has 1 N–H and O–H groups in total. The Hall–Kier alpha value is -2.32. The van der Waals surface area contributed by atoms with Crippen molar-refractivity contribution in [2.45, 2.75) is 39.0 Å². The molecule has 138 valence electrons. The van der Waals surface area contributed by atoms with Crippen LogP contribution >= 0.6 is 11.6 Å². The van der Waals surface area contributed by atoms with Gasteiger partial charge in [0.05, 0.1) is 7.11 Å². The van der Waals surface area contributed by atoms with Gasteiger partial charge in [-0.25, -0.2) is 0 Å². The number of rotatable bonds is 5. The summed E-state index contributed by atoms with van der Waals surface area (Å²) < 4.78 is 5.38. The summed E-state index contributed by atoms with van der Waals surface area (Å²) in [6.07, 6.45) is 1.16. The van der Waals surface area contributed by atoms with Crippen LogP contribution in [0.4, 0.5) is 0 Å². The van der Waals surface area contributed by atoms with Gasteiger partial charge in [-0.3, -0.25) is 14.4 Å². The Morgan fingerprint density at radius 1 is 1.31 bits per heavy atom. The summed E-state index contributed by atoms with van der Waals surface area (Å²) in [5.74, 6) is 4.67. The second-order valence-corrected chi connectivity index (χ2v) is 6.77. The summed E-state index contributed by atoms with van der Waals surface area (Å²) in [4.78, 5) is 36.3. The highest BCUT2D eigenvalue weighted by Crippen LogP contribution is 2.40. The molecule has 0 radical (unpaired) electrons. The Morgan fingerprint density at radius 2 is 1.96 bits per heavy atom. The first-order valence-corrected chi connectivity index (χ1v) is 8.85. The number of hydrogen-bond donors (Lipinski definition) is 1. The zero-order valence-electron chi connectivity index (χ0n) is 15.1. The number of benzene rings is 1. The molecule has 6 heteroatoms. The minimum atomic E-state index is -0.905. The molecule has 0 aliphatic heterocycles. The molecule has 1 aromatic carbocycles. The average molecular weight is 376 g/mol.